The molecule has 0 aromatic rings. The van der Waals surface area contributed by atoms with Crippen molar-refractivity contribution in [3.05, 3.63) is 0 Å². The molecule has 0 aromatic carbocycles. The van der Waals surface area contributed by atoms with Gasteiger partial charge < -0.3 is 9.47 Å². The van der Waals surface area contributed by atoms with E-state index in [0.29, 0.717) is 0 Å². The van der Waals surface area contributed by atoms with Crippen LogP contribution in [0.25, 0.3) is 0 Å². The first kappa shape index (κ1) is 14.1. The van der Waals surface area contributed by atoms with Crippen molar-refractivity contribution in [1.82, 2.24) is 0 Å². The molecule has 88 valence electrons. The van der Waals surface area contributed by atoms with Gasteiger partial charge >= 0.3 is 21.3 Å². The molecule has 0 heterocycles. The van der Waals surface area contributed by atoms with Crippen LogP contribution in [0.4, 0.5) is 0 Å². The van der Waals surface area contributed by atoms with E-state index in [4.69, 9.17) is 10.7 Å². The molecule has 0 radical (unpaired) electrons. The molecule has 0 aliphatic heterocycles. The van der Waals surface area contributed by atoms with Crippen molar-refractivity contribution < 1.29 is 31.7 Å². The third kappa shape index (κ3) is 6.26. The van der Waals surface area contributed by atoms with E-state index in [1.54, 1.807) is 0 Å². The monoisotopic (exact) mass is 260 g/mol. The lowest BCUT2D eigenvalue weighted by molar-refractivity contribution is -0.155. The van der Waals surface area contributed by atoms with E-state index in [-0.39, 0.29) is 0 Å². The molecule has 0 bridgehead atoms. The van der Waals surface area contributed by atoms with Crippen molar-refractivity contribution in [3.63, 3.8) is 0 Å². The van der Waals surface area contributed by atoms with Gasteiger partial charge in [0.1, 0.15) is 0 Å². The highest BCUT2D eigenvalue weighted by molar-refractivity contribution is 8.10. The molecule has 0 saturated carbocycles. The molecule has 0 aliphatic carbocycles. The van der Waals surface area contributed by atoms with Gasteiger partial charge in [-0.3, -0.25) is 4.79 Å². The number of carbonyl (C=O) groups excluding carboxylic acids is 2. The number of ether oxygens (including phenoxy) is 2. The van der Waals surface area contributed by atoms with E-state index in [1.165, 1.54) is 0 Å². The maximum atomic E-state index is 11.0. The lowest BCUT2D eigenvalue weighted by Crippen LogP contribution is -2.30. The maximum Gasteiger partial charge on any atom is 0.356 e. The van der Waals surface area contributed by atoms with Crippen LogP contribution < -0.4 is 0 Å². The minimum atomic E-state index is -4.37. The molecule has 0 aliphatic rings. The van der Waals surface area contributed by atoms with Gasteiger partial charge in [-0.2, -0.15) is 8.42 Å². The average molecular weight is 261 g/mol. The predicted octanol–water partition coefficient (Wildman–Crippen LogP) is -0.409. The van der Waals surface area contributed by atoms with Crippen LogP contribution in [-0.2, 0) is 32.6 Å². The van der Waals surface area contributed by atoms with Crippen LogP contribution in [0, 0.1) is 0 Å². The van der Waals surface area contributed by atoms with Crippen LogP contribution in [0.15, 0.2) is 0 Å². The van der Waals surface area contributed by atoms with Gasteiger partial charge in [0.15, 0.2) is 6.10 Å². The molecule has 0 spiro atoms. The lowest BCUT2D eigenvalue weighted by Gasteiger charge is -2.11. The quantitative estimate of drug-likeness (QED) is 0.490. The van der Waals surface area contributed by atoms with Gasteiger partial charge in [0.25, 0.3) is 0 Å². The highest BCUT2D eigenvalue weighted by Gasteiger charge is 2.28. The van der Waals surface area contributed by atoms with Crippen LogP contribution in [0.5, 0.6) is 0 Å². The molecule has 9 heteroatoms. The highest BCUT2D eigenvalue weighted by Crippen LogP contribution is 2.10. The number of hydrogen-bond acceptors (Lipinski definition) is 7. The minimum absolute atomic E-state index is 0.602. The number of rotatable bonds is 5. The van der Waals surface area contributed by atoms with Crippen molar-refractivity contribution in [3.8, 4) is 0 Å². The van der Waals surface area contributed by atoms with Gasteiger partial charge in [-0.15, -0.1) is 0 Å². The molecule has 0 saturated heterocycles. The number of carbonyl (C=O) groups is 2. The van der Waals surface area contributed by atoms with Gasteiger partial charge in [0, 0.05) is 10.7 Å². The summed E-state index contributed by atoms with van der Waals surface area (Å²) in [5.74, 6) is -1.87. The summed E-state index contributed by atoms with van der Waals surface area (Å²) in [5.41, 5.74) is 0. The molecule has 0 N–H and O–H groups in total. The summed E-state index contributed by atoms with van der Waals surface area (Å²) in [6.45, 7) is 0. The second-order valence-corrected chi connectivity index (χ2v) is 4.39. The molecule has 7 nitrogen and oxygen atoms in total. The van der Waals surface area contributed by atoms with Crippen LogP contribution in [0.3, 0.4) is 0 Å². The van der Waals surface area contributed by atoms with Gasteiger partial charge in [-0.25, -0.2) is 8.98 Å². The van der Waals surface area contributed by atoms with Crippen molar-refractivity contribution in [1.29, 1.82) is 0 Å². The zero-order valence-corrected chi connectivity index (χ0v) is 9.50. The lowest BCUT2D eigenvalue weighted by atomic mass is 10.2. The van der Waals surface area contributed by atoms with Crippen LogP contribution in [0.2, 0.25) is 0 Å². The summed E-state index contributed by atoms with van der Waals surface area (Å²) in [6, 6.07) is 0. The summed E-state index contributed by atoms with van der Waals surface area (Å²) in [6.07, 6.45) is -2.24. The maximum absolute atomic E-state index is 11.0. The average Bonchev–Trinajstić information content (AvgIpc) is 2.13. The van der Waals surface area contributed by atoms with E-state index in [1.807, 2.05) is 0 Å². The molecule has 0 amide bonds. The Balaban J connectivity index is 4.60. The van der Waals surface area contributed by atoms with Gasteiger partial charge in [0.2, 0.25) is 0 Å². The zero-order chi connectivity index (χ0) is 12.1. The molecule has 0 aromatic heterocycles. The van der Waals surface area contributed by atoms with Gasteiger partial charge in [-0.05, 0) is 0 Å². The number of esters is 2. The first-order chi connectivity index (χ1) is 6.80. The Morgan fingerprint density at radius 3 is 2.13 bits per heavy atom. The molecule has 1 atom stereocenters. The SMILES string of the molecule is COC(=O)C[C@@H](OS(=O)(=O)Cl)C(=O)OC. The number of halogens is 1. The Morgan fingerprint density at radius 2 is 1.80 bits per heavy atom. The van der Waals surface area contributed by atoms with E-state index in [9.17, 15) is 18.0 Å². The third-order valence-corrected chi connectivity index (χ3v) is 1.96. The van der Waals surface area contributed by atoms with E-state index in [2.05, 4.69) is 13.7 Å². The van der Waals surface area contributed by atoms with Crippen molar-refractivity contribution in [2.75, 3.05) is 14.2 Å². The topological polar surface area (TPSA) is 96.0 Å². The Bertz CT molecular complexity index is 335. The largest absolute Gasteiger partial charge is 0.469 e. The summed E-state index contributed by atoms with van der Waals surface area (Å²) in [5, 5.41) is 0. The summed E-state index contributed by atoms with van der Waals surface area (Å²) in [7, 11) is 2.46. The fraction of sp³-hybridized carbons (Fsp3) is 0.667. The smallest absolute Gasteiger partial charge is 0.356 e. The van der Waals surface area contributed by atoms with Crippen molar-refractivity contribution >= 4 is 32.0 Å². The molecule has 0 fully saturated rings. The minimum Gasteiger partial charge on any atom is -0.469 e. The van der Waals surface area contributed by atoms with Crippen molar-refractivity contribution in [2.45, 2.75) is 12.5 Å². The third-order valence-electron chi connectivity index (χ3n) is 1.27. The Hall–Kier alpha value is -0.860. The van der Waals surface area contributed by atoms with Crippen LogP contribution in [-0.4, -0.2) is 40.7 Å². The molecule has 0 unspecified atom stereocenters. The van der Waals surface area contributed by atoms with Crippen molar-refractivity contribution in [2.24, 2.45) is 0 Å². The van der Waals surface area contributed by atoms with E-state index in [0.717, 1.165) is 14.2 Å². The van der Waals surface area contributed by atoms with Crippen LogP contribution in [0.1, 0.15) is 6.42 Å². The molecule has 15 heavy (non-hydrogen) atoms. The second kappa shape index (κ2) is 5.89. The Labute approximate surface area is 90.9 Å². The predicted molar refractivity (Wildman–Crippen MR) is 48.3 cm³/mol. The highest BCUT2D eigenvalue weighted by atomic mass is 35.7. The number of methoxy groups -OCH3 is 2. The van der Waals surface area contributed by atoms with Crippen LogP contribution >= 0.6 is 10.7 Å². The summed E-state index contributed by atoms with van der Waals surface area (Å²) >= 11 is 0. The molecular weight excluding hydrogens is 252 g/mol. The summed E-state index contributed by atoms with van der Waals surface area (Å²) in [4.78, 5) is 21.7. The molecular formula is C6H9ClO7S. The fourth-order valence-corrected chi connectivity index (χ4v) is 1.35. The van der Waals surface area contributed by atoms with Gasteiger partial charge in [-0.1, -0.05) is 0 Å². The zero-order valence-electron chi connectivity index (χ0n) is 7.93. The first-order valence-corrected chi connectivity index (χ1v) is 5.81. The Kier molecular flexibility index (Phi) is 5.55. The fourth-order valence-electron chi connectivity index (χ4n) is 0.662. The van der Waals surface area contributed by atoms with E-state index < -0.39 is 33.8 Å². The normalized spacial score (nSPS) is 13.0. The standard InChI is InChI=1S/C6H9ClO7S/c1-12-5(8)3-4(6(9)13-2)14-15(7,10)11/h4H,3H2,1-2H3/t4-/m1/s1. The number of hydrogen-bond donors (Lipinski definition) is 0. The summed E-state index contributed by atoms with van der Waals surface area (Å²) < 4.78 is 33.6. The first-order valence-electron chi connectivity index (χ1n) is 3.57. The Morgan fingerprint density at radius 1 is 1.27 bits per heavy atom. The second-order valence-electron chi connectivity index (χ2n) is 2.28. The van der Waals surface area contributed by atoms with Gasteiger partial charge in [0.05, 0.1) is 20.6 Å². The molecule has 0 rings (SSSR count). The van der Waals surface area contributed by atoms with E-state index >= 15 is 0 Å².